The van der Waals surface area contributed by atoms with Gasteiger partial charge >= 0.3 is 5.97 Å². The number of esters is 1. The number of carbonyl (C=O) groups excluding carboxylic acids is 3. The third-order valence-corrected chi connectivity index (χ3v) is 8.23. The van der Waals surface area contributed by atoms with Gasteiger partial charge in [0.2, 0.25) is 11.8 Å². The second kappa shape index (κ2) is 8.23. The minimum absolute atomic E-state index is 0.126. The number of hydrogen-bond acceptors (Lipinski definition) is 4. The molecule has 0 aromatic heterocycles. The zero-order valence-corrected chi connectivity index (χ0v) is 19.3. The van der Waals surface area contributed by atoms with Crippen LogP contribution in [0.25, 0.3) is 0 Å². The van der Waals surface area contributed by atoms with Crippen LogP contribution in [-0.4, -0.2) is 28.7 Å². The largest absolute Gasteiger partial charge is 0.425 e. The van der Waals surface area contributed by atoms with E-state index in [9.17, 15) is 14.4 Å². The quantitative estimate of drug-likeness (QED) is 0.272. The summed E-state index contributed by atoms with van der Waals surface area (Å²) in [5, 5.41) is 0. The summed E-state index contributed by atoms with van der Waals surface area (Å²) in [7, 11) is 0. The van der Waals surface area contributed by atoms with Crippen LogP contribution >= 0.6 is 0 Å². The summed E-state index contributed by atoms with van der Waals surface area (Å²) in [5.74, 6) is 0.119. The van der Waals surface area contributed by atoms with Crippen molar-refractivity contribution in [1.82, 2.24) is 4.90 Å². The number of ether oxygens (including phenoxy) is 1. The molecule has 5 aliphatic rings. The molecular formula is C29H29NO4. The predicted octanol–water partition coefficient (Wildman–Crippen LogP) is 4.21. The lowest BCUT2D eigenvalue weighted by Gasteiger charge is -2.37. The average molecular weight is 456 g/mol. The van der Waals surface area contributed by atoms with E-state index < -0.39 is 12.0 Å². The molecule has 7 unspecified atom stereocenters. The fourth-order valence-corrected chi connectivity index (χ4v) is 6.60. The van der Waals surface area contributed by atoms with Gasteiger partial charge in [-0.05, 0) is 59.8 Å². The zero-order valence-electron chi connectivity index (χ0n) is 19.3. The van der Waals surface area contributed by atoms with Crippen molar-refractivity contribution in [3.63, 3.8) is 0 Å². The van der Waals surface area contributed by atoms with E-state index in [-0.39, 0.29) is 41.9 Å². The van der Waals surface area contributed by atoms with Gasteiger partial charge in [-0.2, -0.15) is 0 Å². The zero-order chi connectivity index (χ0) is 23.4. The lowest BCUT2D eigenvalue weighted by molar-refractivity contribution is -0.153. The third kappa shape index (κ3) is 3.41. The van der Waals surface area contributed by atoms with E-state index in [0.717, 1.165) is 24.8 Å². The predicted molar refractivity (Wildman–Crippen MR) is 127 cm³/mol. The smallest absolute Gasteiger partial charge is 0.335 e. The molecule has 174 valence electrons. The minimum Gasteiger partial charge on any atom is -0.425 e. The fraction of sp³-hybridized carbons (Fsp3) is 0.414. The van der Waals surface area contributed by atoms with Gasteiger partial charge < -0.3 is 4.74 Å². The van der Waals surface area contributed by atoms with E-state index in [1.807, 2.05) is 42.5 Å². The summed E-state index contributed by atoms with van der Waals surface area (Å²) in [6.07, 6.45) is 7.66. The summed E-state index contributed by atoms with van der Waals surface area (Å²) in [5.41, 5.74) is 2.07. The molecule has 5 heteroatoms. The molecule has 1 aliphatic heterocycles. The molecule has 0 radical (unpaired) electrons. The fourth-order valence-electron chi connectivity index (χ4n) is 6.60. The lowest BCUT2D eigenvalue weighted by atomic mass is 9.63. The van der Waals surface area contributed by atoms with Gasteiger partial charge in [-0.3, -0.25) is 14.5 Å². The Balaban J connectivity index is 1.29. The lowest BCUT2D eigenvalue weighted by Crippen LogP contribution is -2.48. The van der Waals surface area contributed by atoms with Crippen LogP contribution in [0.1, 0.15) is 30.9 Å². The van der Waals surface area contributed by atoms with Crippen LogP contribution in [0, 0.1) is 35.5 Å². The molecule has 1 heterocycles. The van der Waals surface area contributed by atoms with E-state index in [1.54, 1.807) is 12.1 Å². The van der Waals surface area contributed by atoms with Crippen molar-refractivity contribution in [2.75, 3.05) is 0 Å². The molecule has 0 N–H and O–H groups in total. The molecule has 2 aromatic rings. The van der Waals surface area contributed by atoms with Gasteiger partial charge in [0.1, 0.15) is 11.8 Å². The van der Waals surface area contributed by atoms with Crippen LogP contribution in [0.3, 0.4) is 0 Å². The minimum atomic E-state index is -0.973. The average Bonchev–Trinajstić information content (AvgIpc) is 3.63. The first-order valence-electron chi connectivity index (χ1n) is 12.5. The van der Waals surface area contributed by atoms with Gasteiger partial charge in [-0.1, -0.05) is 68.0 Å². The van der Waals surface area contributed by atoms with Crippen LogP contribution in [0.2, 0.25) is 0 Å². The van der Waals surface area contributed by atoms with Crippen LogP contribution < -0.4 is 4.74 Å². The normalized spacial score (nSPS) is 31.3. The van der Waals surface area contributed by atoms with Gasteiger partial charge in [0.05, 0.1) is 11.8 Å². The number of amides is 2. The summed E-state index contributed by atoms with van der Waals surface area (Å²) >= 11 is 0. The molecule has 4 aliphatic carbocycles. The summed E-state index contributed by atoms with van der Waals surface area (Å²) in [4.78, 5) is 42.1. The molecule has 3 fully saturated rings. The number of hydrogen-bond donors (Lipinski definition) is 0. The maximum absolute atomic E-state index is 13.7. The number of benzene rings is 2. The van der Waals surface area contributed by atoms with Crippen molar-refractivity contribution < 1.29 is 19.1 Å². The Morgan fingerprint density at radius 1 is 0.912 bits per heavy atom. The second-order valence-electron chi connectivity index (χ2n) is 10.2. The van der Waals surface area contributed by atoms with Crippen molar-refractivity contribution in [3.8, 4) is 5.75 Å². The van der Waals surface area contributed by atoms with Crippen LogP contribution in [-0.2, 0) is 27.2 Å². The van der Waals surface area contributed by atoms with Crippen molar-refractivity contribution in [3.05, 3.63) is 77.9 Å². The Bertz CT molecular complexity index is 1120. The monoisotopic (exact) mass is 455 g/mol. The number of likely N-dealkylation sites (tertiary alicyclic amines) is 1. The highest BCUT2D eigenvalue weighted by Crippen LogP contribution is 2.65. The first kappa shape index (κ1) is 21.3. The molecule has 7 atom stereocenters. The summed E-state index contributed by atoms with van der Waals surface area (Å²) in [6.45, 7) is 2.12. The molecule has 0 spiro atoms. The highest BCUT2D eigenvalue weighted by atomic mass is 16.5. The maximum Gasteiger partial charge on any atom is 0.335 e. The third-order valence-electron chi connectivity index (χ3n) is 8.23. The van der Waals surface area contributed by atoms with Gasteiger partial charge in [0.15, 0.2) is 0 Å². The summed E-state index contributed by atoms with van der Waals surface area (Å²) < 4.78 is 5.74. The van der Waals surface area contributed by atoms with E-state index in [2.05, 4.69) is 19.1 Å². The van der Waals surface area contributed by atoms with Crippen molar-refractivity contribution >= 4 is 17.8 Å². The highest BCUT2D eigenvalue weighted by Gasteiger charge is 2.68. The Hall–Kier alpha value is -3.21. The Morgan fingerprint density at radius 2 is 1.53 bits per heavy atom. The molecule has 5 nitrogen and oxygen atoms in total. The molecule has 1 saturated heterocycles. The van der Waals surface area contributed by atoms with E-state index in [4.69, 9.17) is 4.74 Å². The molecule has 2 saturated carbocycles. The van der Waals surface area contributed by atoms with Crippen LogP contribution in [0.4, 0.5) is 0 Å². The van der Waals surface area contributed by atoms with Gasteiger partial charge in [0, 0.05) is 6.42 Å². The first-order chi connectivity index (χ1) is 16.6. The van der Waals surface area contributed by atoms with E-state index >= 15 is 0 Å². The standard InChI is InChI=1S/C29H29NO4/c1-2-6-17-9-11-19(12-10-17)34-29(33)24(15-18-7-4-3-5-8-18)30-27(31)25-20-13-14-21(23-16-22(20)23)26(25)28(30)32/h3-5,7-14,20-26H,2,6,15-16H2,1H3. The second-order valence-corrected chi connectivity index (χ2v) is 10.2. The molecule has 7 rings (SSSR count). The number of carbonyl (C=O) groups is 3. The van der Waals surface area contributed by atoms with Crippen molar-refractivity contribution in [2.45, 2.75) is 38.6 Å². The SMILES string of the molecule is CCCc1ccc(OC(=O)C(Cc2ccccc2)N2C(=O)C3C4C=CC(C5CC45)C3C2=O)cc1. The van der Waals surface area contributed by atoms with Crippen molar-refractivity contribution in [2.24, 2.45) is 35.5 Å². The number of imide groups is 1. The van der Waals surface area contributed by atoms with E-state index in [1.165, 1.54) is 10.5 Å². The number of aryl methyl sites for hydroxylation is 1. The maximum atomic E-state index is 13.7. The Morgan fingerprint density at radius 3 is 2.12 bits per heavy atom. The molecule has 2 amide bonds. The first-order valence-corrected chi connectivity index (χ1v) is 12.5. The van der Waals surface area contributed by atoms with Crippen LogP contribution in [0.15, 0.2) is 66.7 Å². The summed E-state index contributed by atoms with van der Waals surface area (Å²) in [6, 6.07) is 16.0. The Kier molecular flexibility index (Phi) is 5.16. The number of allylic oxidation sites excluding steroid dienone is 2. The number of rotatable bonds is 7. The molecule has 2 aromatic carbocycles. The van der Waals surface area contributed by atoms with Crippen LogP contribution in [0.5, 0.6) is 5.75 Å². The van der Waals surface area contributed by atoms with Crippen molar-refractivity contribution in [1.29, 1.82) is 0 Å². The molecule has 2 bridgehead atoms. The topological polar surface area (TPSA) is 63.7 Å². The number of nitrogens with zero attached hydrogens (tertiary/aromatic N) is 1. The van der Waals surface area contributed by atoms with Gasteiger partial charge in [0.25, 0.3) is 0 Å². The molecular weight excluding hydrogens is 426 g/mol. The Labute approximate surface area is 199 Å². The van der Waals surface area contributed by atoms with Gasteiger partial charge in [-0.15, -0.1) is 0 Å². The molecule has 34 heavy (non-hydrogen) atoms. The van der Waals surface area contributed by atoms with E-state index in [0.29, 0.717) is 17.6 Å². The van der Waals surface area contributed by atoms with Gasteiger partial charge in [-0.25, -0.2) is 4.79 Å². The highest BCUT2D eigenvalue weighted by molar-refractivity contribution is 6.09.